The molecule has 152 valence electrons. The fraction of sp³-hybridized carbons (Fsp3) is 0.261. The van der Waals surface area contributed by atoms with Gasteiger partial charge in [-0.3, -0.25) is 4.98 Å². The summed E-state index contributed by atoms with van der Waals surface area (Å²) in [6.07, 6.45) is 5.24. The van der Waals surface area contributed by atoms with Gasteiger partial charge in [-0.05, 0) is 49.3 Å². The van der Waals surface area contributed by atoms with Gasteiger partial charge < -0.3 is 9.64 Å². The molecule has 1 aliphatic heterocycles. The van der Waals surface area contributed by atoms with Crippen LogP contribution in [0.15, 0.2) is 48.8 Å². The van der Waals surface area contributed by atoms with E-state index in [2.05, 4.69) is 26.9 Å². The van der Waals surface area contributed by atoms with Gasteiger partial charge in [0.2, 0.25) is 0 Å². The van der Waals surface area contributed by atoms with E-state index in [0.717, 1.165) is 24.8 Å². The van der Waals surface area contributed by atoms with Crippen molar-refractivity contribution < 1.29 is 13.5 Å². The van der Waals surface area contributed by atoms with Crippen LogP contribution in [-0.2, 0) is 0 Å². The molecule has 0 amide bonds. The normalized spacial score (nSPS) is 17.1. The molecule has 5 rings (SSSR count). The van der Waals surface area contributed by atoms with Gasteiger partial charge in [-0.2, -0.15) is 4.98 Å². The Bertz CT molecular complexity index is 1250. The molecule has 0 aliphatic carbocycles. The van der Waals surface area contributed by atoms with Gasteiger partial charge in [-0.1, -0.05) is 24.3 Å². The molecule has 0 spiro atoms. The number of pyridine rings is 1. The van der Waals surface area contributed by atoms with Crippen molar-refractivity contribution in [3.05, 3.63) is 60.4 Å². The fourth-order valence-corrected chi connectivity index (χ4v) is 4.02. The van der Waals surface area contributed by atoms with Crippen molar-refractivity contribution in [3.63, 3.8) is 0 Å². The van der Waals surface area contributed by atoms with Gasteiger partial charge in [-0.25, -0.2) is 13.8 Å². The first kappa shape index (κ1) is 18.8. The lowest BCUT2D eigenvalue weighted by atomic mass is 10.0. The number of likely N-dealkylation sites (N-methyl/N-ethyl adjacent to an activating group) is 1. The Morgan fingerprint density at radius 1 is 1.10 bits per heavy atom. The number of benzene rings is 2. The van der Waals surface area contributed by atoms with Gasteiger partial charge in [-0.15, -0.1) is 0 Å². The maximum absolute atomic E-state index is 15.5. The van der Waals surface area contributed by atoms with Crippen molar-refractivity contribution in [2.45, 2.75) is 18.9 Å². The Morgan fingerprint density at radius 2 is 1.97 bits per heavy atom. The summed E-state index contributed by atoms with van der Waals surface area (Å²) in [6, 6.07) is 10.3. The van der Waals surface area contributed by atoms with Crippen LogP contribution in [0.1, 0.15) is 12.8 Å². The van der Waals surface area contributed by atoms with Crippen LogP contribution < -0.4 is 4.74 Å². The minimum atomic E-state index is -0.575. The lowest BCUT2D eigenvalue weighted by molar-refractivity contribution is 0.188. The molecular weight excluding hydrogens is 386 g/mol. The molecule has 1 atom stereocenters. The second-order valence-corrected chi connectivity index (χ2v) is 7.64. The Hall–Kier alpha value is -3.19. The third kappa shape index (κ3) is 3.35. The summed E-state index contributed by atoms with van der Waals surface area (Å²) >= 11 is 0. The molecule has 0 N–H and O–H groups in total. The molecular formula is C23H20F2N4O. The number of fused-ring (bicyclic) bond motifs is 2. The summed E-state index contributed by atoms with van der Waals surface area (Å²) in [5.41, 5.74) is 0.775. The molecule has 0 bridgehead atoms. The standard InChI is InChI=1S/C23H20F2N4O/c1-29-9-3-5-17(29)13-30-23-27-12-15-11-26-22(20(25)21(15)28-23)18-6-2-4-14-7-8-16(24)10-19(14)18/h2,4,6-8,10-12,17H,3,5,9,13H2,1H3/t17-/m0/s1. The number of hydrogen-bond donors (Lipinski definition) is 0. The van der Waals surface area contributed by atoms with Gasteiger partial charge in [0, 0.05) is 29.4 Å². The molecule has 30 heavy (non-hydrogen) atoms. The van der Waals surface area contributed by atoms with E-state index in [-0.39, 0.29) is 23.0 Å². The van der Waals surface area contributed by atoms with Crippen LogP contribution in [0.4, 0.5) is 8.78 Å². The molecule has 2 aromatic carbocycles. The number of rotatable bonds is 4. The van der Waals surface area contributed by atoms with Gasteiger partial charge in [0.05, 0.1) is 0 Å². The highest BCUT2D eigenvalue weighted by Crippen LogP contribution is 2.32. The molecule has 0 unspecified atom stereocenters. The van der Waals surface area contributed by atoms with Crippen LogP contribution in [0.3, 0.4) is 0 Å². The lowest BCUT2D eigenvalue weighted by Gasteiger charge is -2.18. The molecule has 3 heterocycles. The monoisotopic (exact) mass is 406 g/mol. The number of hydrogen-bond acceptors (Lipinski definition) is 5. The van der Waals surface area contributed by atoms with Crippen LogP contribution in [0.2, 0.25) is 0 Å². The minimum Gasteiger partial charge on any atom is -0.462 e. The zero-order chi connectivity index (χ0) is 20.7. The van der Waals surface area contributed by atoms with Crippen LogP contribution in [0.5, 0.6) is 6.01 Å². The highest BCUT2D eigenvalue weighted by molar-refractivity contribution is 5.97. The fourth-order valence-electron chi connectivity index (χ4n) is 4.02. The smallest absolute Gasteiger partial charge is 0.317 e. The quantitative estimate of drug-likeness (QED) is 0.496. The number of ether oxygens (including phenoxy) is 1. The Balaban J connectivity index is 1.54. The second kappa shape index (κ2) is 7.57. The van der Waals surface area contributed by atoms with Gasteiger partial charge >= 0.3 is 6.01 Å². The van der Waals surface area contributed by atoms with Gasteiger partial charge in [0.1, 0.15) is 23.6 Å². The lowest BCUT2D eigenvalue weighted by Crippen LogP contribution is -2.30. The van der Waals surface area contributed by atoms with Crippen molar-refractivity contribution in [1.82, 2.24) is 19.9 Å². The van der Waals surface area contributed by atoms with Crippen molar-refractivity contribution in [3.8, 4) is 17.3 Å². The van der Waals surface area contributed by atoms with E-state index >= 15 is 4.39 Å². The van der Waals surface area contributed by atoms with Crippen molar-refractivity contribution >= 4 is 21.7 Å². The van der Waals surface area contributed by atoms with E-state index in [4.69, 9.17) is 4.74 Å². The molecule has 7 heteroatoms. The van der Waals surface area contributed by atoms with Crippen LogP contribution >= 0.6 is 0 Å². The molecule has 0 saturated carbocycles. The van der Waals surface area contributed by atoms with Gasteiger partial charge in [0.15, 0.2) is 5.82 Å². The van der Waals surface area contributed by atoms with Crippen LogP contribution in [-0.4, -0.2) is 46.1 Å². The second-order valence-electron chi connectivity index (χ2n) is 7.64. The predicted molar refractivity (Wildman–Crippen MR) is 111 cm³/mol. The average Bonchev–Trinajstić information content (AvgIpc) is 3.17. The van der Waals surface area contributed by atoms with Crippen LogP contribution in [0, 0.1) is 11.6 Å². The van der Waals surface area contributed by atoms with Crippen molar-refractivity contribution in [1.29, 1.82) is 0 Å². The molecule has 1 aliphatic rings. The Labute approximate surface area is 172 Å². The first-order valence-corrected chi connectivity index (χ1v) is 9.93. The SMILES string of the molecule is CN1CCC[C@H]1COc1ncc2cnc(-c3cccc4ccc(F)cc34)c(F)c2n1. The third-order valence-corrected chi connectivity index (χ3v) is 5.72. The molecule has 4 aromatic rings. The van der Waals surface area contributed by atoms with E-state index in [1.807, 2.05) is 6.07 Å². The third-order valence-electron chi connectivity index (χ3n) is 5.72. The highest BCUT2D eigenvalue weighted by Gasteiger charge is 2.22. The molecule has 1 fully saturated rings. The first-order chi connectivity index (χ1) is 14.6. The Morgan fingerprint density at radius 3 is 2.80 bits per heavy atom. The van der Waals surface area contributed by atoms with E-state index in [1.54, 1.807) is 18.2 Å². The minimum absolute atomic E-state index is 0.124. The first-order valence-electron chi connectivity index (χ1n) is 9.93. The zero-order valence-electron chi connectivity index (χ0n) is 16.5. The van der Waals surface area contributed by atoms with Gasteiger partial charge in [0.25, 0.3) is 0 Å². The maximum atomic E-state index is 15.5. The summed E-state index contributed by atoms with van der Waals surface area (Å²) in [7, 11) is 2.06. The summed E-state index contributed by atoms with van der Waals surface area (Å²) in [5.74, 6) is -0.958. The summed E-state index contributed by atoms with van der Waals surface area (Å²) in [5, 5.41) is 1.88. The van der Waals surface area contributed by atoms with Crippen molar-refractivity contribution in [2.75, 3.05) is 20.2 Å². The molecule has 1 saturated heterocycles. The van der Waals surface area contributed by atoms with Crippen molar-refractivity contribution in [2.24, 2.45) is 0 Å². The summed E-state index contributed by atoms with van der Waals surface area (Å²) in [6.45, 7) is 1.51. The van der Waals surface area contributed by atoms with E-state index in [9.17, 15) is 4.39 Å². The topological polar surface area (TPSA) is 51.1 Å². The number of nitrogens with zero attached hydrogens (tertiary/aromatic N) is 4. The zero-order valence-corrected chi connectivity index (χ0v) is 16.5. The molecule has 2 aromatic heterocycles. The highest BCUT2D eigenvalue weighted by atomic mass is 19.1. The Kier molecular flexibility index (Phi) is 4.75. The maximum Gasteiger partial charge on any atom is 0.317 e. The average molecular weight is 406 g/mol. The van der Waals surface area contributed by atoms with E-state index < -0.39 is 5.82 Å². The summed E-state index contributed by atoms with van der Waals surface area (Å²) < 4.78 is 35.0. The van der Waals surface area contributed by atoms with E-state index in [0.29, 0.717) is 29.0 Å². The number of likely N-dealkylation sites (tertiary alicyclic amines) is 1. The largest absolute Gasteiger partial charge is 0.462 e. The van der Waals surface area contributed by atoms with Crippen LogP contribution in [0.25, 0.3) is 32.9 Å². The number of aromatic nitrogens is 3. The van der Waals surface area contributed by atoms with E-state index in [1.165, 1.54) is 24.5 Å². The summed E-state index contributed by atoms with van der Waals surface area (Å²) in [4.78, 5) is 15.0. The molecule has 5 nitrogen and oxygen atoms in total. The predicted octanol–water partition coefficient (Wildman–Crippen LogP) is 4.60. The number of halogens is 2. The molecule has 0 radical (unpaired) electrons.